The molecule has 0 aliphatic heterocycles. The first-order chi connectivity index (χ1) is 15.3. The molecule has 2 saturated carbocycles. The van der Waals surface area contributed by atoms with E-state index in [1.54, 1.807) is 0 Å². The van der Waals surface area contributed by atoms with Gasteiger partial charge in [-0.05, 0) is 68.6 Å². The Hall–Kier alpha value is -1.17. The highest BCUT2D eigenvalue weighted by molar-refractivity contribution is 4.97. The van der Waals surface area contributed by atoms with Gasteiger partial charge in [-0.25, -0.2) is 0 Å². The van der Waals surface area contributed by atoms with Gasteiger partial charge in [-0.2, -0.15) is 39.5 Å². The molecule has 2 fully saturated rings. The Balaban J connectivity index is 1.86. The minimum Gasteiger partial charge on any atom is -0.486 e. The zero-order valence-corrected chi connectivity index (χ0v) is 19.0. The Morgan fingerprint density at radius 1 is 0.735 bits per heavy atom. The van der Waals surface area contributed by atoms with E-state index in [2.05, 4.69) is 6.58 Å². The normalized spacial score (nSPS) is 28.0. The second kappa shape index (κ2) is 10.1. The van der Waals surface area contributed by atoms with Crippen LogP contribution in [-0.2, 0) is 9.47 Å². The third-order valence-corrected chi connectivity index (χ3v) is 7.54. The van der Waals surface area contributed by atoms with Gasteiger partial charge in [-0.15, -0.1) is 0 Å². The Morgan fingerprint density at radius 2 is 1.12 bits per heavy atom. The standard InChI is InChI=1S/C22H31F9O3/c1-13(20(23,24)25)34-17-10-6-15(7-11-17)18(2,3)14-4-8-16(9-5-14)33-12-19(32,21(26,27)28)22(29,30)31/h14-17,32H,1,4-12H2,2-3H3. The summed E-state index contributed by atoms with van der Waals surface area (Å²) in [5.41, 5.74) is -5.15. The molecule has 34 heavy (non-hydrogen) atoms. The van der Waals surface area contributed by atoms with Crippen molar-refractivity contribution in [3.05, 3.63) is 12.3 Å². The van der Waals surface area contributed by atoms with Gasteiger partial charge < -0.3 is 14.6 Å². The summed E-state index contributed by atoms with van der Waals surface area (Å²) in [6.07, 6.45) is -14.1. The predicted molar refractivity (Wildman–Crippen MR) is 105 cm³/mol. The summed E-state index contributed by atoms with van der Waals surface area (Å²) in [7, 11) is 0. The van der Waals surface area contributed by atoms with Gasteiger partial charge in [0, 0.05) is 0 Å². The number of alkyl halides is 9. The molecule has 0 amide bonds. The molecular formula is C22H31F9O3. The number of rotatable bonds is 7. The van der Waals surface area contributed by atoms with E-state index >= 15 is 0 Å². The second-order valence-electron chi connectivity index (χ2n) is 9.97. The van der Waals surface area contributed by atoms with Crippen molar-refractivity contribution in [3.8, 4) is 0 Å². The van der Waals surface area contributed by atoms with Crippen molar-refractivity contribution >= 4 is 0 Å². The molecule has 2 aliphatic carbocycles. The zero-order chi connectivity index (χ0) is 26.2. The van der Waals surface area contributed by atoms with E-state index in [1.807, 2.05) is 13.8 Å². The number of hydrogen-bond donors (Lipinski definition) is 1. The van der Waals surface area contributed by atoms with Gasteiger partial charge >= 0.3 is 18.5 Å². The van der Waals surface area contributed by atoms with Crippen molar-refractivity contribution in [2.24, 2.45) is 17.3 Å². The number of allylic oxidation sites excluding steroid dienone is 1. The molecular weight excluding hydrogens is 483 g/mol. The zero-order valence-electron chi connectivity index (χ0n) is 19.0. The third kappa shape index (κ3) is 6.53. The van der Waals surface area contributed by atoms with E-state index in [0.717, 1.165) is 0 Å². The van der Waals surface area contributed by atoms with E-state index in [0.29, 0.717) is 38.5 Å². The molecule has 0 atom stereocenters. The van der Waals surface area contributed by atoms with Crippen LogP contribution in [-0.4, -0.2) is 48.1 Å². The number of aliphatic hydroxyl groups is 1. The fourth-order valence-electron chi connectivity index (χ4n) is 5.06. The highest BCUT2D eigenvalue weighted by Crippen LogP contribution is 2.50. The third-order valence-electron chi connectivity index (χ3n) is 7.54. The van der Waals surface area contributed by atoms with Crippen LogP contribution in [0.1, 0.15) is 65.2 Å². The lowest BCUT2D eigenvalue weighted by Gasteiger charge is -2.47. The fraction of sp³-hybridized carbons (Fsp3) is 0.909. The van der Waals surface area contributed by atoms with Crippen molar-refractivity contribution in [2.75, 3.05) is 6.61 Å². The van der Waals surface area contributed by atoms with Gasteiger partial charge in [-0.3, -0.25) is 0 Å². The van der Waals surface area contributed by atoms with Crippen LogP contribution in [0.25, 0.3) is 0 Å². The minimum absolute atomic E-state index is 0.129. The van der Waals surface area contributed by atoms with Gasteiger partial charge in [0.2, 0.25) is 0 Å². The van der Waals surface area contributed by atoms with Crippen molar-refractivity contribution in [1.29, 1.82) is 0 Å². The van der Waals surface area contributed by atoms with Crippen molar-refractivity contribution in [3.63, 3.8) is 0 Å². The average molecular weight is 514 g/mol. The highest BCUT2D eigenvalue weighted by Gasteiger charge is 2.70. The SMILES string of the molecule is C=C(OC1CCC(C(C)(C)C2CCC(OCC(O)(C(F)(F)F)C(F)(F)F)CC2)CC1)C(F)(F)F. The summed E-state index contributed by atoms with van der Waals surface area (Å²) >= 11 is 0. The Bertz CT molecular complexity index is 667. The largest absolute Gasteiger partial charge is 0.486 e. The first-order valence-corrected chi connectivity index (χ1v) is 11.2. The van der Waals surface area contributed by atoms with Gasteiger partial charge in [0.25, 0.3) is 5.60 Å². The van der Waals surface area contributed by atoms with Crippen LogP contribution < -0.4 is 0 Å². The van der Waals surface area contributed by atoms with E-state index in [1.165, 1.54) is 0 Å². The van der Waals surface area contributed by atoms with E-state index in [9.17, 15) is 44.6 Å². The molecule has 1 N–H and O–H groups in total. The van der Waals surface area contributed by atoms with Crippen LogP contribution in [0.3, 0.4) is 0 Å². The molecule has 200 valence electrons. The van der Waals surface area contributed by atoms with E-state index in [4.69, 9.17) is 9.47 Å². The molecule has 0 saturated heterocycles. The first kappa shape index (κ1) is 29.1. The number of hydrogen-bond acceptors (Lipinski definition) is 3. The van der Waals surface area contributed by atoms with Gasteiger partial charge in [-0.1, -0.05) is 20.4 Å². The molecule has 0 heterocycles. The smallest absolute Gasteiger partial charge is 0.448 e. The summed E-state index contributed by atoms with van der Waals surface area (Å²) in [5, 5.41) is 9.23. The van der Waals surface area contributed by atoms with Crippen molar-refractivity contribution < 1.29 is 54.1 Å². The van der Waals surface area contributed by atoms with Crippen LogP contribution in [0.4, 0.5) is 39.5 Å². The van der Waals surface area contributed by atoms with Gasteiger partial charge in [0.1, 0.15) is 0 Å². The van der Waals surface area contributed by atoms with Crippen LogP contribution in [0.2, 0.25) is 0 Å². The van der Waals surface area contributed by atoms with Crippen molar-refractivity contribution in [1.82, 2.24) is 0 Å². The molecule has 0 bridgehead atoms. The Kier molecular flexibility index (Phi) is 8.60. The highest BCUT2D eigenvalue weighted by atomic mass is 19.4. The summed E-state index contributed by atoms with van der Waals surface area (Å²) in [4.78, 5) is 0. The van der Waals surface area contributed by atoms with Crippen LogP contribution in [0.15, 0.2) is 12.3 Å². The van der Waals surface area contributed by atoms with E-state index < -0.39 is 48.7 Å². The lowest BCUT2D eigenvalue weighted by molar-refractivity contribution is -0.380. The molecule has 2 rings (SSSR count). The van der Waals surface area contributed by atoms with Gasteiger partial charge in [0.15, 0.2) is 5.76 Å². The Morgan fingerprint density at radius 3 is 1.47 bits per heavy atom. The molecule has 0 aromatic rings. The maximum absolute atomic E-state index is 12.8. The maximum atomic E-state index is 12.8. The lowest BCUT2D eigenvalue weighted by Crippen LogP contribution is -2.60. The topological polar surface area (TPSA) is 38.7 Å². The maximum Gasteiger partial charge on any atom is 0.448 e. The summed E-state index contributed by atoms with van der Waals surface area (Å²) in [6, 6.07) is 0. The fourth-order valence-corrected chi connectivity index (χ4v) is 5.06. The lowest BCUT2D eigenvalue weighted by atomic mass is 9.60. The number of halogens is 9. The average Bonchev–Trinajstić information content (AvgIpc) is 2.70. The molecule has 0 spiro atoms. The number of ether oxygens (including phenoxy) is 2. The second-order valence-corrected chi connectivity index (χ2v) is 9.97. The van der Waals surface area contributed by atoms with Gasteiger partial charge in [0.05, 0.1) is 18.8 Å². The minimum atomic E-state index is -5.92. The van der Waals surface area contributed by atoms with Crippen LogP contribution in [0.5, 0.6) is 0 Å². The summed E-state index contributed by atoms with van der Waals surface area (Å²) in [6.45, 7) is 5.08. The molecule has 3 nitrogen and oxygen atoms in total. The van der Waals surface area contributed by atoms with Crippen LogP contribution >= 0.6 is 0 Å². The molecule has 0 aromatic heterocycles. The Labute approximate surface area is 192 Å². The van der Waals surface area contributed by atoms with Crippen LogP contribution in [0, 0.1) is 17.3 Å². The monoisotopic (exact) mass is 514 g/mol. The molecule has 0 unspecified atom stereocenters. The molecule has 0 radical (unpaired) electrons. The quantitative estimate of drug-likeness (QED) is 0.291. The first-order valence-electron chi connectivity index (χ1n) is 11.2. The predicted octanol–water partition coefficient (Wildman–Crippen LogP) is 7.10. The molecule has 12 heteroatoms. The summed E-state index contributed by atoms with van der Waals surface area (Å²) in [5.74, 6) is -0.893. The van der Waals surface area contributed by atoms with E-state index in [-0.39, 0.29) is 30.1 Å². The molecule has 2 aliphatic rings. The molecule has 0 aromatic carbocycles. The van der Waals surface area contributed by atoms with Crippen molar-refractivity contribution in [2.45, 2.75) is 102 Å². The summed E-state index contributed by atoms with van der Waals surface area (Å²) < 4.78 is 125.